The first-order chi connectivity index (χ1) is 7.74. The molecule has 0 aliphatic heterocycles. The van der Waals surface area contributed by atoms with Crippen LogP contribution >= 0.6 is 0 Å². The van der Waals surface area contributed by atoms with Crippen molar-refractivity contribution in [3.8, 4) is 0 Å². The van der Waals surface area contributed by atoms with Gasteiger partial charge in [0.25, 0.3) is 0 Å². The zero-order chi connectivity index (χ0) is 13.5. The summed E-state index contributed by atoms with van der Waals surface area (Å²) in [5.74, 6) is 0.955. The SMILES string of the molecule is CC(C)CN(CCC(N)=NO)CCC(C)(C)C. The monoisotopic (exact) mass is 243 g/mol. The van der Waals surface area contributed by atoms with Crippen LogP contribution in [0.1, 0.15) is 47.5 Å². The number of amidine groups is 1. The number of nitrogens with two attached hydrogens (primary N) is 1. The highest BCUT2D eigenvalue weighted by molar-refractivity contribution is 5.79. The molecule has 0 saturated heterocycles. The highest BCUT2D eigenvalue weighted by Gasteiger charge is 2.14. The van der Waals surface area contributed by atoms with Crippen molar-refractivity contribution in [3.63, 3.8) is 0 Å². The van der Waals surface area contributed by atoms with Gasteiger partial charge in [0.1, 0.15) is 5.84 Å². The van der Waals surface area contributed by atoms with E-state index in [0.717, 1.165) is 26.1 Å². The maximum absolute atomic E-state index is 8.53. The standard InChI is InChI=1S/C13H29N3O/c1-11(2)10-16(8-6-12(14)15-17)9-7-13(3,4)5/h11,17H,6-10H2,1-5H3,(H2,14,15). The lowest BCUT2D eigenvalue weighted by molar-refractivity contribution is 0.211. The molecule has 17 heavy (non-hydrogen) atoms. The van der Waals surface area contributed by atoms with Crippen LogP contribution in [0.3, 0.4) is 0 Å². The second-order valence-corrected chi connectivity index (χ2v) is 6.35. The molecule has 0 radical (unpaired) electrons. The first-order valence-electron chi connectivity index (χ1n) is 6.43. The maximum Gasteiger partial charge on any atom is 0.140 e. The van der Waals surface area contributed by atoms with Crippen LogP contribution in [0.25, 0.3) is 0 Å². The van der Waals surface area contributed by atoms with E-state index in [9.17, 15) is 0 Å². The molecule has 4 nitrogen and oxygen atoms in total. The molecule has 0 bridgehead atoms. The summed E-state index contributed by atoms with van der Waals surface area (Å²) in [6, 6.07) is 0. The van der Waals surface area contributed by atoms with E-state index >= 15 is 0 Å². The van der Waals surface area contributed by atoms with Gasteiger partial charge in [0.05, 0.1) is 0 Å². The van der Waals surface area contributed by atoms with Gasteiger partial charge in [-0.3, -0.25) is 0 Å². The Kier molecular flexibility index (Phi) is 7.19. The third-order valence-electron chi connectivity index (χ3n) is 2.61. The Labute approximate surface area is 106 Å². The third-order valence-corrected chi connectivity index (χ3v) is 2.61. The van der Waals surface area contributed by atoms with Gasteiger partial charge in [-0.1, -0.05) is 39.8 Å². The Balaban J connectivity index is 4.14. The van der Waals surface area contributed by atoms with Gasteiger partial charge in [0.2, 0.25) is 0 Å². The van der Waals surface area contributed by atoms with Gasteiger partial charge in [-0.25, -0.2) is 0 Å². The van der Waals surface area contributed by atoms with Crippen LogP contribution in [0.4, 0.5) is 0 Å². The van der Waals surface area contributed by atoms with Gasteiger partial charge in [0.15, 0.2) is 0 Å². The normalized spacial score (nSPS) is 13.7. The van der Waals surface area contributed by atoms with Crippen LogP contribution in [0, 0.1) is 11.3 Å². The van der Waals surface area contributed by atoms with Crippen molar-refractivity contribution in [3.05, 3.63) is 0 Å². The summed E-state index contributed by atoms with van der Waals surface area (Å²) in [7, 11) is 0. The molecule has 0 spiro atoms. The Hall–Kier alpha value is -0.770. The van der Waals surface area contributed by atoms with Crippen LogP contribution in [0.5, 0.6) is 0 Å². The maximum atomic E-state index is 8.53. The second kappa shape index (κ2) is 7.54. The van der Waals surface area contributed by atoms with E-state index in [1.54, 1.807) is 0 Å². The van der Waals surface area contributed by atoms with Crippen LogP contribution in [-0.2, 0) is 0 Å². The molecule has 0 atom stereocenters. The largest absolute Gasteiger partial charge is 0.409 e. The minimum absolute atomic E-state index is 0.314. The van der Waals surface area contributed by atoms with E-state index in [2.05, 4.69) is 44.7 Å². The van der Waals surface area contributed by atoms with Crippen molar-refractivity contribution in [2.45, 2.75) is 47.5 Å². The summed E-state index contributed by atoms with van der Waals surface area (Å²) in [5.41, 5.74) is 5.86. The summed E-state index contributed by atoms with van der Waals surface area (Å²) < 4.78 is 0. The van der Waals surface area contributed by atoms with E-state index in [4.69, 9.17) is 10.9 Å². The van der Waals surface area contributed by atoms with E-state index in [1.807, 2.05) is 0 Å². The molecular formula is C13H29N3O. The molecule has 4 heteroatoms. The van der Waals surface area contributed by atoms with Gasteiger partial charge in [-0.05, 0) is 24.3 Å². The first kappa shape index (κ1) is 16.2. The number of rotatable bonds is 7. The third kappa shape index (κ3) is 10.1. The average Bonchev–Trinajstić information content (AvgIpc) is 2.19. The Bertz CT molecular complexity index is 231. The van der Waals surface area contributed by atoms with Crippen molar-refractivity contribution in [1.82, 2.24) is 4.90 Å². The fraction of sp³-hybridized carbons (Fsp3) is 0.923. The fourth-order valence-corrected chi connectivity index (χ4v) is 1.63. The van der Waals surface area contributed by atoms with Crippen LogP contribution in [0.15, 0.2) is 5.16 Å². The molecule has 0 rings (SSSR count). The summed E-state index contributed by atoms with van der Waals surface area (Å²) >= 11 is 0. The van der Waals surface area contributed by atoms with Gasteiger partial charge in [0, 0.05) is 19.5 Å². The molecule has 0 aliphatic rings. The van der Waals surface area contributed by atoms with Gasteiger partial charge in [-0.2, -0.15) is 0 Å². The van der Waals surface area contributed by atoms with Crippen molar-refractivity contribution in [2.75, 3.05) is 19.6 Å². The van der Waals surface area contributed by atoms with Crippen molar-refractivity contribution >= 4 is 5.84 Å². The van der Waals surface area contributed by atoms with E-state index in [1.165, 1.54) is 0 Å². The molecule has 3 N–H and O–H groups in total. The number of hydrogen-bond donors (Lipinski definition) is 2. The van der Waals surface area contributed by atoms with Gasteiger partial charge >= 0.3 is 0 Å². The molecule has 0 aromatic carbocycles. The van der Waals surface area contributed by atoms with Crippen molar-refractivity contribution in [2.24, 2.45) is 22.2 Å². The second-order valence-electron chi connectivity index (χ2n) is 6.35. The minimum atomic E-state index is 0.314. The number of hydrogen-bond acceptors (Lipinski definition) is 3. The summed E-state index contributed by atoms with van der Waals surface area (Å²) in [6.07, 6.45) is 1.79. The smallest absolute Gasteiger partial charge is 0.140 e. The highest BCUT2D eigenvalue weighted by Crippen LogP contribution is 2.19. The quantitative estimate of drug-likeness (QED) is 0.312. The predicted octanol–water partition coefficient (Wildman–Crippen LogP) is 2.52. The molecule has 0 aliphatic carbocycles. The minimum Gasteiger partial charge on any atom is -0.409 e. The zero-order valence-electron chi connectivity index (χ0n) is 12.0. The van der Waals surface area contributed by atoms with Crippen LogP contribution < -0.4 is 5.73 Å². The molecule has 0 unspecified atom stereocenters. The predicted molar refractivity (Wildman–Crippen MR) is 73.4 cm³/mol. The van der Waals surface area contributed by atoms with E-state index in [-0.39, 0.29) is 0 Å². The number of nitrogens with zero attached hydrogens (tertiary/aromatic N) is 2. The first-order valence-corrected chi connectivity index (χ1v) is 6.43. The van der Waals surface area contributed by atoms with Gasteiger partial charge in [-0.15, -0.1) is 0 Å². The molecular weight excluding hydrogens is 214 g/mol. The molecule has 0 aromatic rings. The van der Waals surface area contributed by atoms with E-state index in [0.29, 0.717) is 23.6 Å². The Morgan fingerprint density at radius 1 is 1.29 bits per heavy atom. The summed E-state index contributed by atoms with van der Waals surface area (Å²) in [6.45, 7) is 14.2. The molecule has 0 fully saturated rings. The zero-order valence-corrected chi connectivity index (χ0v) is 12.0. The van der Waals surface area contributed by atoms with Crippen LogP contribution in [-0.4, -0.2) is 35.6 Å². The Morgan fingerprint density at radius 2 is 1.88 bits per heavy atom. The van der Waals surface area contributed by atoms with Crippen molar-refractivity contribution < 1.29 is 5.21 Å². The van der Waals surface area contributed by atoms with Crippen molar-refractivity contribution in [1.29, 1.82) is 0 Å². The topological polar surface area (TPSA) is 61.8 Å². The summed E-state index contributed by atoms with van der Waals surface area (Å²) in [5, 5.41) is 11.5. The fourth-order valence-electron chi connectivity index (χ4n) is 1.63. The molecule has 0 aromatic heterocycles. The lowest BCUT2D eigenvalue weighted by Gasteiger charge is -2.28. The lowest BCUT2D eigenvalue weighted by atomic mass is 9.92. The molecule has 102 valence electrons. The number of oxime groups is 1. The molecule has 0 amide bonds. The van der Waals surface area contributed by atoms with E-state index < -0.39 is 0 Å². The average molecular weight is 243 g/mol. The molecule has 0 saturated carbocycles. The highest BCUT2D eigenvalue weighted by atomic mass is 16.4. The lowest BCUT2D eigenvalue weighted by Crippen LogP contribution is -2.33. The van der Waals surface area contributed by atoms with Gasteiger partial charge < -0.3 is 15.8 Å². The Morgan fingerprint density at radius 3 is 2.29 bits per heavy atom. The van der Waals surface area contributed by atoms with Crippen LogP contribution in [0.2, 0.25) is 0 Å². The summed E-state index contributed by atoms with van der Waals surface area (Å²) in [4.78, 5) is 2.40. The molecule has 0 heterocycles.